The molecule has 0 radical (unpaired) electrons. The number of methoxy groups -OCH3 is 1. The largest absolute Gasteiger partial charge is 0.469 e. The molecule has 0 unspecified atom stereocenters. The highest BCUT2D eigenvalue weighted by molar-refractivity contribution is 6.33. The summed E-state index contributed by atoms with van der Waals surface area (Å²) in [5.74, 6) is -1.39. The van der Waals surface area contributed by atoms with Crippen molar-refractivity contribution in [2.24, 2.45) is 0 Å². The minimum absolute atomic E-state index is 0.0283. The molecule has 6 heteroatoms. The maximum Gasteiger partial charge on any atom is 0.307 e. The van der Waals surface area contributed by atoms with E-state index in [9.17, 15) is 14.0 Å². The van der Waals surface area contributed by atoms with Crippen LogP contribution in [-0.2, 0) is 9.53 Å². The van der Waals surface area contributed by atoms with Crippen molar-refractivity contribution < 1.29 is 18.7 Å². The maximum absolute atomic E-state index is 12.7. The fourth-order valence-electron chi connectivity index (χ4n) is 1.15. The summed E-state index contributed by atoms with van der Waals surface area (Å²) in [4.78, 5) is 22.4. The lowest BCUT2D eigenvalue weighted by Crippen LogP contribution is -2.26. The van der Waals surface area contributed by atoms with E-state index >= 15 is 0 Å². The molecule has 0 spiro atoms. The van der Waals surface area contributed by atoms with Crippen molar-refractivity contribution in [1.82, 2.24) is 5.32 Å². The summed E-state index contributed by atoms with van der Waals surface area (Å²) in [6, 6.07) is 3.48. The van der Waals surface area contributed by atoms with Crippen LogP contribution in [0, 0.1) is 5.82 Å². The Morgan fingerprint density at radius 3 is 2.76 bits per heavy atom. The Bertz CT molecular complexity index is 437. The average Bonchev–Trinajstić information content (AvgIpc) is 2.28. The first-order valence-electron chi connectivity index (χ1n) is 4.84. The molecule has 0 aromatic heterocycles. The van der Waals surface area contributed by atoms with Gasteiger partial charge in [0.25, 0.3) is 5.91 Å². The number of hydrogen-bond donors (Lipinski definition) is 1. The fourth-order valence-corrected chi connectivity index (χ4v) is 1.40. The number of benzene rings is 1. The third kappa shape index (κ3) is 4.03. The summed E-state index contributed by atoms with van der Waals surface area (Å²) in [5, 5.41) is 2.51. The fraction of sp³-hybridized carbons (Fsp3) is 0.273. The number of carbonyl (C=O) groups is 2. The van der Waals surface area contributed by atoms with Gasteiger partial charge < -0.3 is 10.1 Å². The Morgan fingerprint density at radius 1 is 1.47 bits per heavy atom. The van der Waals surface area contributed by atoms with Gasteiger partial charge in [-0.2, -0.15) is 0 Å². The van der Waals surface area contributed by atoms with Gasteiger partial charge in [0.15, 0.2) is 0 Å². The second-order valence-electron chi connectivity index (χ2n) is 3.21. The van der Waals surface area contributed by atoms with E-state index in [0.29, 0.717) is 0 Å². The van der Waals surface area contributed by atoms with Crippen molar-refractivity contribution >= 4 is 23.5 Å². The summed E-state index contributed by atoms with van der Waals surface area (Å²) in [5.41, 5.74) is 0.165. The van der Waals surface area contributed by atoms with Gasteiger partial charge in [-0.15, -0.1) is 0 Å². The smallest absolute Gasteiger partial charge is 0.307 e. The van der Waals surface area contributed by atoms with Crippen LogP contribution in [0.15, 0.2) is 18.2 Å². The molecule has 4 nitrogen and oxygen atoms in total. The lowest BCUT2D eigenvalue weighted by atomic mass is 10.2. The molecule has 1 N–H and O–H groups in total. The van der Waals surface area contributed by atoms with Gasteiger partial charge in [-0.3, -0.25) is 9.59 Å². The minimum atomic E-state index is -0.513. The number of halogens is 2. The van der Waals surface area contributed by atoms with Gasteiger partial charge in [0.05, 0.1) is 24.1 Å². The van der Waals surface area contributed by atoms with Crippen LogP contribution in [-0.4, -0.2) is 25.5 Å². The maximum atomic E-state index is 12.7. The summed E-state index contributed by atoms with van der Waals surface area (Å²) in [7, 11) is 1.26. The first-order valence-corrected chi connectivity index (χ1v) is 5.22. The Balaban J connectivity index is 2.55. The molecule has 0 aliphatic rings. The molecule has 0 saturated carbocycles. The van der Waals surface area contributed by atoms with Crippen LogP contribution in [0.3, 0.4) is 0 Å². The topological polar surface area (TPSA) is 55.4 Å². The summed E-state index contributed by atoms with van der Waals surface area (Å²) < 4.78 is 17.1. The van der Waals surface area contributed by atoms with Crippen molar-refractivity contribution in [3.05, 3.63) is 34.6 Å². The van der Waals surface area contributed by atoms with Crippen molar-refractivity contribution in [3.63, 3.8) is 0 Å². The number of rotatable bonds is 4. The Kier molecular flexibility index (Phi) is 4.90. The molecule has 0 aliphatic carbocycles. The Labute approximate surface area is 103 Å². The summed E-state index contributed by atoms with van der Waals surface area (Å²) in [6.07, 6.45) is 0.0705. The van der Waals surface area contributed by atoms with Crippen molar-refractivity contribution in [1.29, 1.82) is 0 Å². The van der Waals surface area contributed by atoms with Gasteiger partial charge in [0, 0.05) is 6.54 Å². The zero-order valence-electron chi connectivity index (χ0n) is 9.13. The predicted molar refractivity (Wildman–Crippen MR) is 60.4 cm³/mol. The molecule has 0 aliphatic heterocycles. The quantitative estimate of drug-likeness (QED) is 0.839. The zero-order chi connectivity index (χ0) is 12.8. The van der Waals surface area contributed by atoms with Crippen molar-refractivity contribution in [3.8, 4) is 0 Å². The Hall–Kier alpha value is -1.62. The molecule has 0 fully saturated rings. The van der Waals surface area contributed by atoms with E-state index in [-0.39, 0.29) is 23.6 Å². The van der Waals surface area contributed by atoms with E-state index in [1.54, 1.807) is 0 Å². The molecule has 1 aromatic carbocycles. The molecule has 1 aromatic rings. The third-order valence-electron chi connectivity index (χ3n) is 2.02. The van der Waals surface area contributed by atoms with Gasteiger partial charge >= 0.3 is 5.97 Å². The van der Waals surface area contributed by atoms with E-state index in [1.165, 1.54) is 13.2 Å². The molecular weight excluding hydrogens is 249 g/mol. The first-order chi connectivity index (χ1) is 8.04. The number of hydrogen-bond acceptors (Lipinski definition) is 3. The standard InChI is InChI=1S/C11H11ClFNO3/c1-17-10(15)4-5-14-11(16)8-3-2-7(13)6-9(8)12/h2-3,6H,4-5H2,1H3,(H,14,16). The van der Waals surface area contributed by atoms with Crippen LogP contribution >= 0.6 is 11.6 Å². The van der Waals surface area contributed by atoms with Crippen LogP contribution in [0.1, 0.15) is 16.8 Å². The normalized spacial score (nSPS) is 9.82. The van der Waals surface area contributed by atoms with E-state index in [0.717, 1.165) is 12.1 Å². The second kappa shape index (κ2) is 6.20. The lowest BCUT2D eigenvalue weighted by Gasteiger charge is -2.06. The van der Waals surface area contributed by atoms with Crippen molar-refractivity contribution in [2.45, 2.75) is 6.42 Å². The van der Waals surface area contributed by atoms with Crippen LogP contribution in [0.2, 0.25) is 5.02 Å². The summed E-state index contributed by atoms with van der Waals surface area (Å²) >= 11 is 5.70. The first kappa shape index (κ1) is 13.4. The molecule has 0 atom stereocenters. The SMILES string of the molecule is COC(=O)CCNC(=O)c1ccc(F)cc1Cl. The van der Waals surface area contributed by atoms with E-state index in [4.69, 9.17) is 11.6 Å². The van der Waals surface area contributed by atoms with Crippen molar-refractivity contribution in [2.75, 3.05) is 13.7 Å². The molecule has 17 heavy (non-hydrogen) atoms. The van der Waals surface area contributed by atoms with Gasteiger partial charge in [-0.25, -0.2) is 4.39 Å². The Morgan fingerprint density at radius 2 is 2.18 bits per heavy atom. The molecule has 0 saturated heterocycles. The number of amides is 1. The number of carbonyl (C=O) groups excluding carboxylic acids is 2. The molecule has 1 amide bonds. The summed E-state index contributed by atoms with van der Waals surface area (Å²) in [6.45, 7) is 0.138. The minimum Gasteiger partial charge on any atom is -0.469 e. The van der Waals surface area contributed by atoms with Crippen LogP contribution < -0.4 is 5.32 Å². The third-order valence-corrected chi connectivity index (χ3v) is 2.33. The van der Waals surface area contributed by atoms with Crippen LogP contribution in [0.25, 0.3) is 0 Å². The van der Waals surface area contributed by atoms with Gasteiger partial charge in [-0.05, 0) is 18.2 Å². The highest BCUT2D eigenvalue weighted by Crippen LogP contribution is 2.16. The second-order valence-corrected chi connectivity index (χ2v) is 3.61. The predicted octanol–water partition coefficient (Wildman–Crippen LogP) is 1.77. The monoisotopic (exact) mass is 259 g/mol. The zero-order valence-corrected chi connectivity index (χ0v) is 9.88. The molecule has 1 rings (SSSR count). The molecule has 0 bridgehead atoms. The van der Waals surface area contributed by atoms with E-state index in [1.807, 2.05) is 0 Å². The molecular formula is C11H11ClFNO3. The van der Waals surface area contributed by atoms with Crippen LogP contribution in [0.4, 0.5) is 4.39 Å². The van der Waals surface area contributed by atoms with Gasteiger partial charge in [0.1, 0.15) is 5.82 Å². The molecule has 0 heterocycles. The number of ether oxygens (including phenoxy) is 1. The lowest BCUT2D eigenvalue weighted by molar-refractivity contribution is -0.140. The number of nitrogens with one attached hydrogen (secondary N) is 1. The van der Waals surface area contributed by atoms with E-state index < -0.39 is 17.7 Å². The number of esters is 1. The van der Waals surface area contributed by atoms with Crippen LogP contribution in [0.5, 0.6) is 0 Å². The highest BCUT2D eigenvalue weighted by atomic mass is 35.5. The average molecular weight is 260 g/mol. The van der Waals surface area contributed by atoms with Gasteiger partial charge in [0.2, 0.25) is 0 Å². The van der Waals surface area contributed by atoms with Gasteiger partial charge in [-0.1, -0.05) is 11.6 Å². The highest BCUT2D eigenvalue weighted by Gasteiger charge is 2.11. The van der Waals surface area contributed by atoms with E-state index in [2.05, 4.69) is 10.1 Å². The molecule has 92 valence electrons.